The number of nitrogens with one attached hydrogen (secondary N) is 1. The van der Waals surface area contributed by atoms with Gasteiger partial charge in [0.25, 0.3) is 0 Å². The molecule has 2 rings (SSSR count). The molecular weight excluding hydrogens is 255 g/mol. The van der Waals surface area contributed by atoms with Crippen LogP contribution < -0.4 is 5.32 Å². The maximum Gasteiger partial charge on any atom is 0.416 e. The quantitative estimate of drug-likeness (QED) is 0.832. The summed E-state index contributed by atoms with van der Waals surface area (Å²) in [5.41, 5.74) is 0.158. The normalized spacial score (nSPS) is 19.8. The van der Waals surface area contributed by atoms with Gasteiger partial charge in [-0.3, -0.25) is 0 Å². The Kier molecular flexibility index (Phi) is 4.82. The highest BCUT2D eigenvalue weighted by atomic mass is 19.4. The van der Waals surface area contributed by atoms with Gasteiger partial charge in [0, 0.05) is 6.61 Å². The first-order chi connectivity index (χ1) is 9.05. The lowest BCUT2D eigenvalue weighted by atomic mass is 10.1. The number of rotatable bonds is 5. The van der Waals surface area contributed by atoms with Gasteiger partial charge in [0.15, 0.2) is 0 Å². The summed E-state index contributed by atoms with van der Waals surface area (Å²) in [4.78, 5) is 0. The zero-order valence-electron chi connectivity index (χ0n) is 10.7. The van der Waals surface area contributed by atoms with Gasteiger partial charge in [-0.1, -0.05) is 12.1 Å². The number of hydrogen-bond acceptors (Lipinski definition) is 2. The highest BCUT2D eigenvalue weighted by Gasteiger charge is 2.29. The Hall–Kier alpha value is -1.07. The molecular formula is C14H18F3NO. The van der Waals surface area contributed by atoms with E-state index in [1.807, 2.05) is 0 Å². The van der Waals surface area contributed by atoms with E-state index < -0.39 is 11.7 Å². The molecule has 0 aromatic heterocycles. The molecule has 1 aromatic carbocycles. The van der Waals surface area contributed by atoms with E-state index in [4.69, 9.17) is 4.74 Å². The molecule has 1 aliphatic rings. The van der Waals surface area contributed by atoms with Crippen LogP contribution in [0.15, 0.2) is 24.3 Å². The van der Waals surface area contributed by atoms with E-state index >= 15 is 0 Å². The molecule has 19 heavy (non-hydrogen) atoms. The second kappa shape index (κ2) is 6.39. The van der Waals surface area contributed by atoms with Crippen LogP contribution in [0.2, 0.25) is 0 Å². The fraction of sp³-hybridized carbons (Fsp3) is 0.571. The number of ether oxygens (including phenoxy) is 1. The Bertz CT molecular complexity index is 383. The van der Waals surface area contributed by atoms with Gasteiger partial charge in [-0.05, 0) is 49.5 Å². The topological polar surface area (TPSA) is 21.3 Å². The minimum Gasteiger partial charge on any atom is -0.377 e. The van der Waals surface area contributed by atoms with E-state index in [-0.39, 0.29) is 0 Å². The molecule has 1 atom stereocenters. The van der Waals surface area contributed by atoms with Crippen molar-refractivity contribution in [1.29, 1.82) is 0 Å². The Morgan fingerprint density at radius 3 is 2.53 bits per heavy atom. The van der Waals surface area contributed by atoms with Crippen LogP contribution in [-0.4, -0.2) is 19.7 Å². The fourth-order valence-corrected chi connectivity index (χ4v) is 2.19. The van der Waals surface area contributed by atoms with Crippen LogP contribution in [0, 0.1) is 5.92 Å². The Morgan fingerprint density at radius 1 is 1.21 bits per heavy atom. The zero-order chi connectivity index (χ0) is 13.7. The molecule has 0 radical (unpaired) electrons. The second-order valence-corrected chi connectivity index (χ2v) is 4.89. The van der Waals surface area contributed by atoms with Crippen molar-refractivity contribution in [2.24, 2.45) is 5.92 Å². The van der Waals surface area contributed by atoms with Gasteiger partial charge in [-0.15, -0.1) is 0 Å². The van der Waals surface area contributed by atoms with Gasteiger partial charge in [-0.2, -0.15) is 13.2 Å². The van der Waals surface area contributed by atoms with Crippen molar-refractivity contribution in [3.63, 3.8) is 0 Å². The summed E-state index contributed by atoms with van der Waals surface area (Å²) in [5.74, 6) is 0.674. The highest BCUT2D eigenvalue weighted by Crippen LogP contribution is 2.29. The smallest absolute Gasteiger partial charge is 0.377 e. The number of hydrogen-bond donors (Lipinski definition) is 1. The first-order valence-electron chi connectivity index (χ1n) is 6.50. The third kappa shape index (κ3) is 4.51. The van der Waals surface area contributed by atoms with E-state index in [1.165, 1.54) is 18.6 Å². The van der Waals surface area contributed by atoms with Crippen molar-refractivity contribution in [1.82, 2.24) is 5.32 Å². The number of benzene rings is 1. The molecule has 1 heterocycles. The van der Waals surface area contributed by atoms with Gasteiger partial charge >= 0.3 is 6.18 Å². The van der Waals surface area contributed by atoms with E-state index in [1.54, 1.807) is 0 Å². The van der Waals surface area contributed by atoms with Crippen LogP contribution in [0.1, 0.15) is 24.0 Å². The Labute approximate surface area is 111 Å². The largest absolute Gasteiger partial charge is 0.416 e. The summed E-state index contributed by atoms with van der Waals surface area (Å²) >= 11 is 0. The van der Waals surface area contributed by atoms with Crippen molar-refractivity contribution in [3.05, 3.63) is 35.4 Å². The average molecular weight is 273 g/mol. The molecule has 1 saturated heterocycles. The molecule has 5 heteroatoms. The Morgan fingerprint density at radius 2 is 1.95 bits per heavy atom. The standard InChI is InChI=1S/C14H18F3NO/c15-14(16,17)13-3-1-12(2-4-13)10-19-8-6-11-5-7-18-9-11/h1-4,11,18H,5-10H2. The maximum absolute atomic E-state index is 12.4. The Balaban J connectivity index is 1.71. The van der Waals surface area contributed by atoms with Gasteiger partial charge in [0.05, 0.1) is 12.2 Å². The predicted molar refractivity (Wildman–Crippen MR) is 66.7 cm³/mol. The van der Waals surface area contributed by atoms with Crippen LogP contribution in [0.5, 0.6) is 0 Å². The van der Waals surface area contributed by atoms with Crippen LogP contribution in [0.4, 0.5) is 13.2 Å². The summed E-state index contributed by atoms with van der Waals surface area (Å²) in [5, 5.41) is 3.29. The SMILES string of the molecule is FC(F)(F)c1ccc(COCCC2CCNC2)cc1. The minimum atomic E-state index is -4.27. The van der Waals surface area contributed by atoms with Gasteiger partial charge in [0.1, 0.15) is 0 Å². The molecule has 0 bridgehead atoms. The molecule has 1 unspecified atom stereocenters. The van der Waals surface area contributed by atoms with E-state index in [9.17, 15) is 13.2 Å². The van der Waals surface area contributed by atoms with E-state index in [0.29, 0.717) is 19.1 Å². The summed E-state index contributed by atoms with van der Waals surface area (Å²) in [6, 6.07) is 5.14. The lowest BCUT2D eigenvalue weighted by Crippen LogP contribution is -2.10. The molecule has 0 amide bonds. The summed E-state index contributed by atoms with van der Waals surface area (Å²) in [6.07, 6.45) is -2.08. The predicted octanol–water partition coefficient (Wildman–Crippen LogP) is 3.22. The molecule has 0 aliphatic carbocycles. The molecule has 106 valence electrons. The molecule has 1 aromatic rings. The van der Waals surface area contributed by atoms with Crippen molar-refractivity contribution in [2.75, 3.05) is 19.7 Å². The maximum atomic E-state index is 12.4. The van der Waals surface area contributed by atoms with Crippen LogP contribution in [0.25, 0.3) is 0 Å². The van der Waals surface area contributed by atoms with Crippen LogP contribution in [0.3, 0.4) is 0 Å². The molecule has 0 spiro atoms. The van der Waals surface area contributed by atoms with E-state index in [2.05, 4.69) is 5.32 Å². The van der Waals surface area contributed by atoms with Crippen LogP contribution >= 0.6 is 0 Å². The third-order valence-electron chi connectivity index (χ3n) is 3.38. The lowest BCUT2D eigenvalue weighted by molar-refractivity contribution is -0.137. The van der Waals surface area contributed by atoms with Crippen LogP contribution in [-0.2, 0) is 17.5 Å². The summed E-state index contributed by atoms with van der Waals surface area (Å²) in [6.45, 7) is 3.15. The van der Waals surface area contributed by atoms with E-state index in [0.717, 1.165) is 37.2 Å². The number of alkyl halides is 3. The molecule has 0 saturated carbocycles. The lowest BCUT2D eigenvalue weighted by Gasteiger charge is -2.10. The molecule has 1 fully saturated rings. The summed E-state index contributed by atoms with van der Waals surface area (Å²) < 4.78 is 42.6. The van der Waals surface area contributed by atoms with Gasteiger partial charge in [0.2, 0.25) is 0 Å². The summed E-state index contributed by atoms with van der Waals surface area (Å²) in [7, 11) is 0. The highest BCUT2D eigenvalue weighted by molar-refractivity contribution is 5.24. The number of halogens is 3. The second-order valence-electron chi connectivity index (χ2n) is 4.89. The van der Waals surface area contributed by atoms with Crippen molar-refractivity contribution >= 4 is 0 Å². The molecule has 2 nitrogen and oxygen atoms in total. The first kappa shape index (κ1) is 14.3. The fourth-order valence-electron chi connectivity index (χ4n) is 2.19. The third-order valence-corrected chi connectivity index (χ3v) is 3.38. The van der Waals surface area contributed by atoms with Crippen molar-refractivity contribution in [3.8, 4) is 0 Å². The monoisotopic (exact) mass is 273 g/mol. The van der Waals surface area contributed by atoms with Gasteiger partial charge < -0.3 is 10.1 Å². The van der Waals surface area contributed by atoms with Gasteiger partial charge in [-0.25, -0.2) is 0 Å². The van der Waals surface area contributed by atoms with Crippen molar-refractivity contribution in [2.45, 2.75) is 25.6 Å². The minimum absolute atomic E-state index is 0.373. The molecule has 1 N–H and O–H groups in total. The zero-order valence-corrected chi connectivity index (χ0v) is 10.7. The molecule has 1 aliphatic heterocycles. The average Bonchev–Trinajstić information content (AvgIpc) is 2.87. The first-order valence-corrected chi connectivity index (χ1v) is 6.50. The van der Waals surface area contributed by atoms with Crippen molar-refractivity contribution < 1.29 is 17.9 Å².